The van der Waals surface area contributed by atoms with Crippen LogP contribution in [-0.4, -0.2) is 12.6 Å². The van der Waals surface area contributed by atoms with Gasteiger partial charge in [-0.2, -0.15) is 0 Å². The number of esters is 1. The van der Waals surface area contributed by atoms with Gasteiger partial charge < -0.3 is 4.74 Å². The van der Waals surface area contributed by atoms with Gasteiger partial charge in [0, 0.05) is 5.57 Å². The highest BCUT2D eigenvalue weighted by Crippen LogP contribution is 2.61. The third kappa shape index (κ3) is 1.79. The maximum Gasteiger partial charge on any atom is 0.333 e. The molecule has 3 saturated carbocycles. The van der Waals surface area contributed by atoms with Crippen LogP contribution in [0.2, 0.25) is 0 Å². The molecule has 0 N–H and O–H groups in total. The first kappa shape index (κ1) is 11.7. The van der Waals surface area contributed by atoms with E-state index in [0.29, 0.717) is 23.5 Å². The third-order valence-electron chi connectivity index (χ3n) is 4.78. The van der Waals surface area contributed by atoms with Crippen LogP contribution >= 0.6 is 0 Å². The molecule has 0 radical (unpaired) electrons. The normalized spacial score (nSPS) is 35.1. The van der Waals surface area contributed by atoms with Gasteiger partial charge in [0.1, 0.15) is 0 Å². The van der Waals surface area contributed by atoms with Crippen LogP contribution in [0.5, 0.6) is 0 Å². The Bertz CT molecular complexity index is 315. The lowest BCUT2D eigenvalue weighted by molar-refractivity contribution is -0.152. The standard InChI is InChI=1S/C14H22O2/c1-9(2)13(15)16-8-10-5-6-11-7-12(10)14(11,3)4/h10-12H,1,5-8H2,2-4H3. The molecule has 0 heterocycles. The zero-order chi connectivity index (χ0) is 11.9. The van der Waals surface area contributed by atoms with E-state index in [1.54, 1.807) is 6.92 Å². The van der Waals surface area contributed by atoms with Crippen molar-refractivity contribution >= 4 is 5.97 Å². The van der Waals surface area contributed by atoms with Crippen LogP contribution in [-0.2, 0) is 9.53 Å². The van der Waals surface area contributed by atoms with E-state index >= 15 is 0 Å². The Balaban J connectivity index is 1.87. The zero-order valence-corrected chi connectivity index (χ0v) is 10.6. The number of rotatable bonds is 3. The summed E-state index contributed by atoms with van der Waals surface area (Å²) in [5, 5.41) is 0. The molecular weight excluding hydrogens is 200 g/mol. The monoisotopic (exact) mass is 222 g/mol. The Morgan fingerprint density at radius 2 is 2.12 bits per heavy atom. The van der Waals surface area contributed by atoms with Gasteiger partial charge in [-0.25, -0.2) is 4.79 Å². The molecule has 3 atom stereocenters. The van der Waals surface area contributed by atoms with Gasteiger partial charge in [-0.1, -0.05) is 20.4 Å². The molecule has 2 nitrogen and oxygen atoms in total. The highest BCUT2D eigenvalue weighted by atomic mass is 16.5. The number of carbonyl (C=O) groups excluding carboxylic acids is 1. The maximum atomic E-state index is 11.3. The van der Waals surface area contributed by atoms with E-state index in [1.807, 2.05) is 0 Å². The summed E-state index contributed by atoms with van der Waals surface area (Å²) in [5.41, 5.74) is 0.972. The third-order valence-corrected chi connectivity index (χ3v) is 4.78. The Labute approximate surface area is 98.1 Å². The SMILES string of the molecule is C=C(C)C(=O)OCC1CCC2CC1C2(C)C. The average Bonchev–Trinajstić information content (AvgIpc) is 2.25. The summed E-state index contributed by atoms with van der Waals surface area (Å²) < 4.78 is 5.29. The Kier molecular flexibility index (Phi) is 2.85. The molecule has 0 amide bonds. The van der Waals surface area contributed by atoms with E-state index in [2.05, 4.69) is 20.4 Å². The Hall–Kier alpha value is -0.790. The average molecular weight is 222 g/mol. The van der Waals surface area contributed by atoms with Gasteiger partial charge in [-0.15, -0.1) is 0 Å². The van der Waals surface area contributed by atoms with Gasteiger partial charge in [-0.3, -0.25) is 0 Å². The zero-order valence-electron chi connectivity index (χ0n) is 10.6. The van der Waals surface area contributed by atoms with E-state index in [9.17, 15) is 4.79 Å². The topological polar surface area (TPSA) is 26.3 Å². The van der Waals surface area contributed by atoms with Gasteiger partial charge in [0.25, 0.3) is 0 Å². The summed E-state index contributed by atoms with van der Waals surface area (Å²) in [6.45, 7) is 10.6. The van der Waals surface area contributed by atoms with Gasteiger partial charge in [-0.05, 0) is 49.4 Å². The van der Waals surface area contributed by atoms with Crippen molar-refractivity contribution in [3.05, 3.63) is 12.2 Å². The molecule has 3 aliphatic carbocycles. The van der Waals surface area contributed by atoms with Crippen molar-refractivity contribution in [1.82, 2.24) is 0 Å². The summed E-state index contributed by atoms with van der Waals surface area (Å²) in [4.78, 5) is 11.3. The molecule has 2 heteroatoms. The van der Waals surface area contributed by atoms with Crippen molar-refractivity contribution in [2.75, 3.05) is 6.61 Å². The van der Waals surface area contributed by atoms with Crippen molar-refractivity contribution in [1.29, 1.82) is 0 Å². The fourth-order valence-corrected chi connectivity index (χ4v) is 3.47. The quantitative estimate of drug-likeness (QED) is 0.541. The molecule has 2 bridgehead atoms. The second-order valence-corrected chi connectivity index (χ2v) is 6.08. The molecule has 0 spiro atoms. The first-order chi connectivity index (χ1) is 7.43. The highest BCUT2D eigenvalue weighted by Gasteiger charge is 2.54. The molecule has 3 aliphatic rings. The lowest BCUT2D eigenvalue weighted by Gasteiger charge is -2.60. The predicted molar refractivity (Wildman–Crippen MR) is 63.9 cm³/mol. The van der Waals surface area contributed by atoms with Crippen molar-refractivity contribution in [2.45, 2.75) is 40.0 Å². The molecule has 0 saturated heterocycles. The van der Waals surface area contributed by atoms with Crippen LogP contribution in [0.15, 0.2) is 12.2 Å². The molecule has 3 rings (SSSR count). The second-order valence-electron chi connectivity index (χ2n) is 6.08. The molecule has 0 aliphatic heterocycles. The summed E-state index contributed by atoms with van der Waals surface area (Å²) in [5.74, 6) is 2.00. The van der Waals surface area contributed by atoms with E-state index in [1.165, 1.54) is 19.3 Å². The molecular formula is C14H22O2. The summed E-state index contributed by atoms with van der Waals surface area (Å²) in [6, 6.07) is 0. The largest absolute Gasteiger partial charge is 0.462 e. The minimum Gasteiger partial charge on any atom is -0.462 e. The van der Waals surface area contributed by atoms with Crippen molar-refractivity contribution in [3.63, 3.8) is 0 Å². The van der Waals surface area contributed by atoms with Crippen LogP contribution in [0.4, 0.5) is 0 Å². The predicted octanol–water partition coefficient (Wildman–Crippen LogP) is 3.18. The van der Waals surface area contributed by atoms with Gasteiger partial charge in [0.2, 0.25) is 0 Å². The number of fused-ring (bicyclic) bond motifs is 2. The van der Waals surface area contributed by atoms with Crippen molar-refractivity contribution in [2.24, 2.45) is 23.2 Å². The number of ether oxygens (including phenoxy) is 1. The van der Waals surface area contributed by atoms with Crippen molar-refractivity contribution < 1.29 is 9.53 Å². The molecule has 3 fully saturated rings. The van der Waals surface area contributed by atoms with Crippen LogP contribution in [0.25, 0.3) is 0 Å². The number of carbonyl (C=O) groups is 1. The fourth-order valence-electron chi connectivity index (χ4n) is 3.47. The van der Waals surface area contributed by atoms with E-state index in [4.69, 9.17) is 4.74 Å². The fraction of sp³-hybridized carbons (Fsp3) is 0.786. The van der Waals surface area contributed by atoms with Crippen LogP contribution in [0, 0.1) is 23.2 Å². The van der Waals surface area contributed by atoms with E-state index in [0.717, 1.165) is 11.8 Å². The molecule has 0 aromatic carbocycles. The van der Waals surface area contributed by atoms with Gasteiger partial charge >= 0.3 is 5.97 Å². The molecule has 3 unspecified atom stereocenters. The summed E-state index contributed by atoms with van der Waals surface area (Å²) in [6.07, 6.45) is 3.86. The summed E-state index contributed by atoms with van der Waals surface area (Å²) >= 11 is 0. The molecule has 16 heavy (non-hydrogen) atoms. The van der Waals surface area contributed by atoms with Crippen molar-refractivity contribution in [3.8, 4) is 0 Å². The second kappa shape index (κ2) is 3.90. The van der Waals surface area contributed by atoms with Gasteiger partial charge in [0.05, 0.1) is 6.61 Å². The van der Waals surface area contributed by atoms with E-state index in [-0.39, 0.29) is 5.97 Å². The minimum absolute atomic E-state index is 0.237. The molecule has 90 valence electrons. The number of hydrogen-bond donors (Lipinski definition) is 0. The Morgan fingerprint density at radius 3 is 2.62 bits per heavy atom. The lowest BCUT2D eigenvalue weighted by Crippen LogP contribution is -2.53. The smallest absolute Gasteiger partial charge is 0.333 e. The first-order valence-electron chi connectivity index (χ1n) is 6.25. The van der Waals surface area contributed by atoms with Crippen LogP contribution in [0.1, 0.15) is 40.0 Å². The molecule has 0 aromatic heterocycles. The lowest BCUT2D eigenvalue weighted by atomic mass is 9.46. The summed E-state index contributed by atoms with van der Waals surface area (Å²) in [7, 11) is 0. The van der Waals surface area contributed by atoms with Crippen LogP contribution < -0.4 is 0 Å². The van der Waals surface area contributed by atoms with E-state index < -0.39 is 0 Å². The highest BCUT2D eigenvalue weighted by molar-refractivity contribution is 5.86. The first-order valence-corrected chi connectivity index (χ1v) is 6.25. The maximum absolute atomic E-state index is 11.3. The van der Waals surface area contributed by atoms with Crippen LogP contribution in [0.3, 0.4) is 0 Å². The minimum atomic E-state index is -0.237. The van der Waals surface area contributed by atoms with Gasteiger partial charge in [0.15, 0.2) is 0 Å². The Morgan fingerprint density at radius 1 is 1.44 bits per heavy atom. The number of hydrogen-bond acceptors (Lipinski definition) is 2. The molecule has 0 aromatic rings.